The highest BCUT2D eigenvalue weighted by molar-refractivity contribution is 4.71. The second kappa shape index (κ2) is 13.9. The third kappa shape index (κ3) is 9.96. The largest absolute Gasteiger partial charge is 0.303 e. The number of rotatable bonds is 9. The Hall–Kier alpha value is -0.550. The fraction of sp³-hybridized carbons (Fsp3) is 0.941. The molecule has 0 atom stereocenters. The van der Waals surface area contributed by atoms with Crippen molar-refractivity contribution in [3.05, 3.63) is 0 Å². The van der Waals surface area contributed by atoms with Crippen molar-refractivity contribution < 1.29 is 0 Å². The topological polar surface area (TPSA) is 27.0 Å². The van der Waals surface area contributed by atoms with Crippen LogP contribution in [0.1, 0.15) is 78.1 Å². The van der Waals surface area contributed by atoms with Gasteiger partial charge in [-0.15, -0.1) is 0 Å². The zero-order chi connectivity index (χ0) is 14.3. The molecule has 1 fully saturated rings. The first-order valence-electron chi connectivity index (χ1n) is 8.35. The minimum absolute atomic E-state index is 1.03. The first kappa shape index (κ1) is 18.4. The molecular weight excluding hydrogens is 232 g/mol. The molecular formula is C17H34N2. The zero-order valence-corrected chi connectivity index (χ0v) is 13.2. The van der Waals surface area contributed by atoms with Crippen molar-refractivity contribution in [2.45, 2.75) is 78.1 Å². The van der Waals surface area contributed by atoms with Crippen LogP contribution >= 0.6 is 0 Å². The monoisotopic (exact) mass is 266 g/mol. The standard InChI is InChI=1S/C16H33N.CHN/c1-3-5-6-7-8-9-10-13-17-14-11-16(4-2)12-15-17;1-2/h16H,3-15H2,1-2H3;1H. The van der Waals surface area contributed by atoms with Crippen LogP contribution in [0.4, 0.5) is 0 Å². The average molecular weight is 266 g/mol. The Bertz CT molecular complexity index is 193. The summed E-state index contributed by atoms with van der Waals surface area (Å²) in [5.41, 5.74) is 0. The average Bonchev–Trinajstić information content (AvgIpc) is 2.49. The van der Waals surface area contributed by atoms with E-state index in [9.17, 15) is 0 Å². The van der Waals surface area contributed by atoms with E-state index in [0.29, 0.717) is 0 Å². The summed E-state index contributed by atoms with van der Waals surface area (Å²) in [7, 11) is 0. The van der Waals surface area contributed by atoms with Crippen molar-refractivity contribution in [3.8, 4) is 6.57 Å². The van der Waals surface area contributed by atoms with Gasteiger partial charge in [-0.05, 0) is 44.8 Å². The second-order valence-electron chi connectivity index (χ2n) is 5.81. The van der Waals surface area contributed by atoms with Crippen LogP contribution in [0, 0.1) is 17.8 Å². The molecule has 2 nitrogen and oxygen atoms in total. The predicted molar refractivity (Wildman–Crippen MR) is 84.1 cm³/mol. The maximum absolute atomic E-state index is 6.50. The normalized spacial score (nSPS) is 16.8. The van der Waals surface area contributed by atoms with Gasteiger partial charge in [0.1, 0.15) is 0 Å². The number of likely N-dealkylation sites (tertiary alicyclic amines) is 1. The lowest BCUT2D eigenvalue weighted by Crippen LogP contribution is -2.34. The summed E-state index contributed by atoms with van der Waals surface area (Å²) in [6, 6.07) is 0. The Kier molecular flexibility index (Phi) is 13.5. The maximum Gasteiger partial charge on any atom is 0.0462 e. The first-order chi connectivity index (χ1) is 9.36. The van der Waals surface area contributed by atoms with Gasteiger partial charge in [-0.25, -0.2) is 5.26 Å². The van der Waals surface area contributed by atoms with Crippen LogP contribution in [0.2, 0.25) is 0 Å². The van der Waals surface area contributed by atoms with E-state index >= 15 is 0 Å². The number of nitrogens with zero attached hydrogens (tertiary/aromatic N) is 2. The van der Waals surface area contributed by atoms with Crippen LogP contribution in [0.5, 0.6) is 0 Å². The molecule has 1 heterocycles. The number of nitriles is 1. The molecule has 0 spiro atoms. The molecule has 0 aromatic rings. The van der Waals surface area contributed by atoms with Crippen molar-refractivity contribution >= 4 is 0 Å². The lowest BCUT2D eigenvalue weighted by molar-refractivity contribution is 0.179. The van der Waals surface area contributed by atoms with Crippen LogP contribution in [-0.2, 0) is 0 Å². The minimum atomic E-state index is 1.03. The van der Waals surface area contributed by atoms with Crippen LogP contribution in [-0.4, -0.2) is 24.5 Å². The van der Waals surface area contributed by atoms with Gasteiger partial charge in [-0.3, -0.25) is 0 Å². The lowest BCUT2D eigenvalue weighted by Gasteiger charge is -2.31. The number of unbranched alkanes of at least 4 members (excludes halogenated alkanes) is 6. The van der Waals surface area contributed by atoms with Gasteiger partial charge in [0.2, 0.25) is 0 Å². The summed E-state index contributed by atoms with van der Waals surface area (Å²) in [5.74, 6) is 1.03. The van der Waals surface area contributed by atoms with Gasteiger partial charge >= 0.3 is 0 Å². The van der Waals surface area contributed by atoms with Crippen molar-refractivity contribution in [1.29, 1.82) is 5.26 Å². The molecule has 0 aliphatic carbocycles. The van der Waals surface area contributed by atoms with E-state index in [1.54, 1.807) is 0 Å². The molecule has 1 rings (SSSR count). The summed E-state index contributed by atoms with van der Waals surface area (Å²) < 4.78 is 0. The fourth-order valence-corrected chi connectivity index (χ4v) is 2.91. The Morgan fingerprint density at radius 1 is 0.895 bits per heavy atom. The number of hydrogen-bond donors (Lipinski definition) is 0. The first-order valence-corrected chi connectivity index (χ1v) is 8.35. The van der Waals surface area contributed by atoms with E-state index in [1.165, 1.54) is 83.8 Å². The molecule has 0 unspecified atom stereocenters. The van der Waals surface area contributed by atoms with Gasteiger partial charge in [0.15, 0.2) is 0 Å². The molecule has 19 heavy (non-hydrogen) atoms. The molecule has 0 saturated carbocycles. The van der Waals surface area contributed by atoms with Crippen molar-refractivity contribution in [1.82, 2.24) is 4.90 Å². The van der Waals surface area contributed by atoms with Crippen molar-refractivity contribution in [2.24, 2.45) is 5.92 Å². The van der Waals surface area contributed by atoms with Gasteiger partial charge in [-0.1, -0.05) is 58.8 Å². The highest BCUT2D eigenvalue weighted by Gasteiger charge is 2.16. The number of piperidine rings is 1. The molecule has 1 saturated heterocycles. The molecule has 0 N–H and O–H groups in total. The molecule has 0 amide bonds. The van der Waals surface area contributed by atoms with Gasteiger partial charge in [-0.2, -0.15) is 0 Å². The van der Waals surface area contributed by atoms with Crippen molar-refractivity contribution in [3.63, 3.8) is 0 Å². The van der Waals surface area contributed by atoms with Crippen LogP contribution in [0.25, 0.3) is 0 Å². The van der Waals surface area contributed by atoms with E-state index in [0.717, 1.165) is 5.92 Å². The fourth-order valence-electron chi connectivity index (χ4n) is 2.91. The molecule has 0 bridgehead atoms. The Labute approximate surface area is 121 Å². The van der Waals surface area contributed by atoms with E-state index < -0.39 is 0 Å². The lowest BCUT2D eigenvalue weighted by atomic mass is 9.94. The summed E-state index contributed by atoms with van der Waals surface area (Å²) in [4.78, 5) is 2.69. The highest BCUT2D eigenvalue weighted by Crippen LogP contribution is 2.20. The predicted octanol–water partition coefficient (Wildman–Crippen LogP) is 5.00. The van der Waals surface area contributed by atoms with E-state index in [1.807, 2.05) is 0 Å². The number of hydrogen-bond acceptors (Lipinski definition) is 2. The highest BCUT2D eigenvalue weighted by atomic mass is 15.1. The third-order valence-electron chi connectivity index (χ3n) is 4.36. The van der Waals surface area contributed by atoms with E-state index in [-0.39, 0.29) is 0 Å². The van der Waals surface area contributed by atoms with Crippen molar-refractivity contribution in [2.75, 3.05) is 19.6 Å². The second-order valence-corrected chi connectivity index (χ2v) is 5.81. The quantitative estimate of drug-likeness (QED) is 0.549. The molecule has 0 aromatic carbocycles. The summed E-state index contributed by atoms with van der Waals surface area (Å²) in [6.07, 6.45) is 14.4. The molecule has 0 aromatic heterocycles. The van der Waals surface area contributed by atoms with Gasteiger partial charge in [0.25, 0.3) is 0 Å². The van der Waals surface area contributed by atoms with Gasteiger partial charge < -0.3 is 4.90 Å². The molecule has 1 aliphatic rings. The summed E-state index contributed by atoms with van der Waals surface area (Å²) in [6.45, 7) is 12.2. The summed E-state index contributed by atoms with van der Waals surface area (Å²) in [5, 5.41) is 6.50. The van der Waals surface area contributed by atoms with Gasteiger partial charge in [0.05, 0.1) is 0 Å². The third-order valence-corrected chi connectivity index (χ3v) is 4.36. The van der Waals surface area contributed by atoms with E-state index in [2.05, 4.69) is 25.3 Å². The zero-order valence-electron chi connectivity index (χ0n) is 13.2. The minimum Gasteiger partial charge on any atom is -0.303 e. The Morgan fingerprint density at radius 2 is 1.42 bits per heavy atom. The van der Waals surface area contributed by atoms with Crippen LogP contribution < -0.4 is 0 Å². The van der Waals surface area contributed by atoms with Crippen LogP contribution in [0.3, 0.4) is 0 Å². The smallest absolute Gasteiger partial charge is 0.0462 e. The Balaban J connectivity index is 0.00000154. The molecule has 112 valence electrons. The Morgan fingerprint density at radius 3 is 1.95 bits per heavy atom. The summed E-state index contributed by atoms with van der Waals surface area (Å²) >= 11 is 0. The van der Waals surface area contributed by atoms with Gasteiger partial charge in [0, 0.05) is 6.57 Å². The van der Waals surface area contributed by atoms with Crippen LogP contribution in [0.15, 0.2) is 0 Å². The maximum atomic E-state index is 6.50. The van der Waals surface area contributed by atoms with E-state index in [4.69, 9.17) is 5.26 Å². The molecule has 0 radical (unpaired) electrons. The SMILES string of the molecule is C#N.CCCCCCCCCN1CCC(CC)CC1. The molecule has 1 aliphatic heterocycles. The molecule has 2 heteroatoms.